The van der Waals surface area contributed by atoms with Crippen LogP contribution >= 0.6 is 0 Å². The standard InChI is InChI=1S/C11H16N2O5S/c1-3-4-9(11(14)15)13-19(16,17)8-5-6-10(18-2)12-7-8/h5-7,9,13H,3-4H2,1-2H3,(H,14,15). The van der Waals surface area contributed by atoms with Crippen LogP contribution in [-0.2, 0) is 14.8 Å². The van der Waals surface area contributed by atoms with Crippen LogP contribution in [0.15, 0.2) is 23.2 Å². The molecule has 0 spiro atoms. The number of sulfonamides is 1. The van der Waals surface area contributed by atoms with E-state index in [0.717, 1.165) is 6.20 Å². The molecule has 0 aliphatic carbocycles. The Morgan fingerprint density at radius 3 is 2.63 bits per heavy atom. The van der Waals surface area contributed by atoms with Crippen molar-refractivity contribution in [3.8, 4) is 5.88 Å². The largest absolute Gasteiger partial charge is 0.481 e. The van der Waals surface area contributed by atoms with Crippen LogP contribution in [-0.4, -0.2) is 37.6 Å². The highest BCUT2D eigenvalue weighted by molar-refractivity contribution is 7.89. The van der Waals surface area contributed by atoms with Gasteiger partial charge in [-0.1, -0.05) is 13.3 Å². The molecule has 106 valence electrons. The first kappa shape index (κ1) is 15.4. The first-order valence-electron chi connectivity index (χ1n) is 5.66. The van der Waals surface area contributed by atoms with Crippen LogP contribution in [0.4, 0.5) is 0 Å². The van der Waals surface area contributed by atoms with E-state index in [4.69, 9.17) is 9.84 Å². The van der Waals surface area contributed by atoms with E-state index in [0.29, 0.717) is 6.42 Å². The quantitative estimate of drug-likeness (QED) is 0.762. The number of aliphatic carboxylic acids is 1. The number of carbonyl (C=O) groups is 1. The van der Waals surface area contributed by atoms with Gasteiger partial charge in [0, 0.05) is 6.07 Å². The zero-order valence-corrected chi connectivity index (χ0v) is 11.5. The van der Waals surface area contributed by atoms with Gasteiger partial charge in [-0.2, -0.15) is 4.72 Å². The Hall–Kier alpha value is -1.67. The van der Waals surface area contributed by atoms with Crippen LogP contribution in [0.25, 0.3) is 0 Å². The summed E-state index contributed by atoms with van der Waals surface area (Å²) in [5, 5.41) is 8.93. The van der Waals surface area contributed by atoms with E-state index in [-0.39, 0.29) is 17.2 Å². The summed E-state index contributed by atoms with van der Waals surface area (Å²) in [5.41, 5.74) is 0. The summed E-state index contributed by atoms with van der Waals surface area (Å²) in [4.78, 5) is 14.6. The Balaban J connectivity index is 2.92. The molecule has 7 nitrogen and oxygen atoms in total. The van der Waals surface area contributed by atoms with Gasteiger partial charge in [0.2, 0.25) is 15.9 Å². The molecule has 1 unspecified atom stereocenters. The van der Waals surface area contributed by atoms with Gasteiger partial charge in [0.15, 0.2) is 0 Å². The molecule has 0 amide bonds. The third-order valence-corrected chi connectivity index (χ3v) is 3.86. The molecule has 1 aromatic heterocycles. The molecule has 1 atom stereocenters. The van der Waals surface area contributed by atoms with E-state index >= 15 is 0 Å². The Bertz CT molecular complexity index is 527. The number of carboxylic acids is 1. The average molecular weight is 288 g/mol. The summed E-state index contributed by atoms with van der Waals surface area (Å²) in [6.07, 6.45) is 1.89. The van der Waals surface area contributed by atoms with Crippen molar-refractivity contribution in [2.75, 3.05) is 7.11 Å². The number of methoxy groups -OCH3 is 1. The maximum Gasteiger partial charge on any atom is 0.321 e. The number of nitrogens with one attached hydrogen (secondary N) is 1. The number of aromatic nitrogens is 1. The van der Waals surface area contributed by atoms with Gasteiger partial charge in [0.1, 0.15) is 10.9 Å². The second-order valence-corrected chi connectivity index (χ2v) is 5.55. The lowest BCUT2D eigenvalue weighted by atomic mass is 10.2. The number of hydrogen-bond donors (Lipinski definition) is 2. The Labute approximate surface area is 111 Å². The fourth-order valence-electron chi connectivity index (χ4n) is 1.42. The van der Waals surface area contributed by atoms with E-state index < -0.39 is 22.0 Å². The van der Waals surface area contributed by atoms with Gasteiger partial charge in [-0.15, -0.1) is 0 Å². The van der Waals surface area contributed by atoms with Crippen LogP contribution in [0.3, 0.4) is 0 Å². The minimum atomic E-state index is -3.90. The minimum absolute atomic E-state index is 0.101. The van der Waals surface area contributed by atoms with E-state index in [1.807, 2.05) is 0 Å². The Morgan fingerprint density at radius 2 is 2.21 bits per heavy atom. The van der Waals surface area contributed by atoms with Gasteiger partial charge >= 0.3 is 5.97 Å². The highest BCUT2D eigenvalue weighted by Crippen LogP contribution is 2.13. The van der Waals surface area contributed by atoms with Gasteiger partial charge < -0.3 is 9.84 Å². The number of nitrogens with zero attached hydrogens (tertiary/aromatic N) is 1. The maximum atomic E-state index is 12.0. The second-order valence-electron chi connectivity index (χ2n) is 3.84. The number of ether oxygens (including phenoxy) is 1. The zero-order valence-electron chi connectivity index (χ0n) is 10.7. The van der Waals surface area contributed by atoms with Crippen LogP contribution in [0.2, 0.25) is 0 Å². The van der Waals surface area contributed by atoms with E-state index in [2.05, 4.69) is 9.71 Å². The minimum Gasteiger partial charge on any atom is -0.481 e. The molecule has 2 N–H and O–H groups in total. The summed E-state index contributed by atoms with van der Waals surface area (Å²) < 4.78 is 30.9. The summed E-state index contributed by atoms with van der Waals surface area (Å²) >= 11 is 0. The van der Waals surface area contributed by atoms with Crippen molar-refractivity contribution in [1.82, 2.24) is 9.71 Å². The van der Waals surface area contributed by atoms with Crippen molar-refractivity contribution in [3.05, 3.63) is 18.3 Å². The lowest BCUT2D eigenvalue weighted by Gasteiger charge is -2.13. The van der Waals surface area contributed by atoms with Crippen molar-refractivity contribution in [3.63, 3.8) is 0 Å². The third-order valence-electron chi connectivity index (χ3n) is 2.40. The van der Waals surface area contributed by atoms with Crippen molar-refractivity contribution in [1.29, 1.82) is 0 Å². The highest BCUT2D eigenvalue weighted by atomic mass is 32.2. The summed E-state index contributed by atoms with van der Waals surface area (Å²) in [6.45, 7) is 1.78. The molecule has 0 aromatic carbocycles. The van der Waals surface area contributed by atoms with Gasteiger partial charge in [0.05, 0.1) is 13.3 Å². The monoisotopic (exact) mass is 288 g/mol. The number of hydrogen-bond acceptors (Lipinski definition) is 5. The smallest absolute Gasteiger partial charge is 0.321 e. The number of pyridine rings is 1. The molecular formula is C11H16N2O5S. The normalized spacial score (nSPS) is 12.9. The Kier molecular flexibility index (Phi) is 5.25. The SMILES string of the molecule is CCCC(NS(=O)(=O)c1ccc(OC)nc1)C(=O)O. The number of rotatable bonds is 7. The molecule has 0 bridgehead atoms. The molecule has 8 heteroatoms. The fraction of sp³-hybridized carbons (Fsp3) is 0.455. The predicted octanol–water partition coefficient (Wildman–Crippen LogP) is 0.622. The third kappa shape index (κ3) is 4.18. The lowest BCUT2D eigenvalue weighted by Crippen LogP contribution is -2.40. The van der Waals surface area contributed by atoms with Crippen molar-refractivity contribution >= 4 is 16.0 Å². The Morgan fingerprint density at radius 1 is 1.53 bits per heavy atom. The summed E-state index contributed by atoms with van der Waals surface area (Å²) in [6, 6.07) is 1.56. The molecule has 1 aromatic rings. The molecule has 19 heavy (non-hydrogen) atoms. The van der Waals surface area contributed by atoms with Crippen LogP contribution in [0.5, 0.6) is 5.88 Å². The van der Waals surface area contributed by atoms with Crippen LogP contribution < -0.4 is 9.46 Å². The maximum absolute atomic E-state index is 12.0. The number of carboxylic acid groups (broad SMARTS) is 1. The van der Waals surface area contributed by atoms with Gasteiger partial charge in [-0.05, 0) is 12.5 Å². The second kappa shape index (κ2) is 6.48. The molecule has 1 rings (SSSR count). The molecule has 0 saturated heterocycles. The summed E-state index contributed by atoms with van der Waals surface area (Å²) in [7, 11) is -2.49. The highest BCUT2D eigenvalue weighted by Gasteiger charge is 2.24. The van der Waals surface area contributed by atoms with Gasteiger partial charge in [-0.25, -0.2) is 13.4 Å². The van der Waals surface area contributed by atoms with Crippen molar-refractivity contribution in [2.45, 2.75) is 30.7 Å². The first-order chi connectivity index (χ1) is 8.90. The van der Waals surface area contributed by atoms with E-state index in [1.54, 1.807) is 6.92 Å². The van der Waals surface area contributed by atoms with Crippen LogP contribution in [0.1, 0.15) is 19.8 Å². The van der Waals surface area contributed by atoms with Gasteiger partial charge in [-0.3, -0.25) is 4.79 Å². The first-order valence-corrected chi connectivity index (χ1v) is 7.14. The molecule has 0 aliphatic rings. The molecular weight excluding hydrogens is 272 g/mol. The zero-order chi connectivity index (χ0) is 14.5. The van der Waals surface area contributed by atoms with Gasteiger partial charge in [0.25, 0.3) is 0 Å². The molecule has 0 radical (unpaired) electrons. The van der Waals surface area contributed by atoms with E-state index in [9.17, 15) is 13.2 Å². The summed E-state index contributed by atoms with van der Waals surface area (Å²) in [5.74, 6) is -0.922. The predicted molar refractivity (Wildman–Crippen MR) is 67.4 cm³/mol. The average Bonchev–Trinajstić information content (AvgIpc) is 2.38. The van der Waals surface area contributed by atoms with E-state index in [1.165, 1.54) is 19.2 Å². The molecule has 0 saturated carbocycles. The van der Waals surface area contributed by atoms with Crippen molar-refractivity contribution in [2.24, 2.45) is 0 Å². The molecule has 0 fully saturated rings. The lowest BCUT2D eigenvalue weighted by molar-refractivity contribution is -0.139. The van der Waals surface area contributed by atoms with Crippen LogP contribution in [0, 0.1) is 0 Å². The molecule has 0 aliphatic heterocycles. The van der Waals surface area contributed by atoms with Crippen molar-refractivity contribution < 1.29 is 23.1 Å². The topological polar surface area (TPSA) is 106 Å². The molecule has 1 heterocycles. The fourth-order valence-corrected chi connectivity index (χ4v) is 2.59.